The van der Waals surface area contributed by atoms with Crippen LogP contribution in [0.2, 0.25) is 0 Å². The summed E-state index contributed by atoms with van der Waals surface area (Å²) in [6.45, 7) is 6.32. The quantitative estimate of drug-likeness (QED) is 0.133. The largest absolute Gasteiger partial charge is 0.522 e. The van der Waals surface area contributed by atoms with Crippen molar-refractivity contribution in [2.24, 2.45) is 7.05 Å². The Morgan fingerprint density at radius 2 is 1.90 bits per heavy atom. The summed E-state index contributed by atoms with van der Waals surface area (Å²) in [5, 5.41) is 19.2. The third-order valence-corrected chi connectivity index (χ3v) is 6.13. The number of carbonyl (C=O) groups excluding carboxylic acids is 2. The lowest BCUT2D eigenvalue weighted by molar-refractivity contribution is -0.330. The van der Waals surface area contributed by atoms with Gasteiger partial charge in [-0.05, 0) is 37.1 Å². The minimum Gasteiger partial charge on any atom is -0.447 e. The van der Waals surface area contributed by atoms with E-state index in [1.807, 2.05) is 33.8 Å². The molecule has 0 aliphatic rings. The maximum atomic E-state index is 12.8. The van der Waals surface area contributed by atoms with Crippen LogP contribution in [0.25, 0.3) is 0 Å². The molecular weight excluding hydrogens is 558 g/mol. The van der Waals surface area contributed by atoms with Crippen molar-refractivity contribution in [3.05, 3.63) is 58.5 Å². The smallest absolute Gasteiger partial charge is 0.447 e. The highest BCUT2D eigenvalue weighted by Gasteiger charge is 2.31. The Hall–Kier alpha value is -3.52. The zero-order valence-corrected chi connectivity index (χ0v) is 23.3. The number of amides is 1. The molecule has 2 heterocycles. The van der Waals surface area contributed by atoms with E-state index >= 15 is 0 Å². The maximum Gasteiger partial charge on any atom is 0.522 e. The standard InChI is InChI=1S/C24H29F3N5O7P/c1-14-8-15(2)21(18(9-14)38-40-39-35)23(3,4)11-20(33)36-13-32-19(6-7-28-32)29-22(34)17-10-16(30-31(17)5)12-37-24(25,26)27/h6-10,35,40H,11-13H2,1-5H3,(H,29,34). The SMILES string of the molecule is Cc1cc(C)c(C(C)(C)CC(=O)OCn2nccc2NC(=O)c2cc(COC(F)(F)F)nn2C)c(OPOO)c1. The topological polar surface area (TPSA) is 139 Å². The van der Waals surface area contributed by atoms with Gasteiger partial charge in [-0.15, -0.1) is 13.2 Å². The maximum absolute atomic E-state index is 12.8. The predicted octanol–water partition coefficient (Wildman–Crippen LogP) is 4.77. The van der Waals surface area contributed by atoms with E-state index in [4.69, 9.17) is 14.5 Å². The molecule has 1 atom stereocenters. The van der Waals surface area contributed by atoms with Gasteiger partial charge in [0.15, 0.2) is 6.73 Å². The lowest BCUT2D eigenvalue weighted by Gasteiger charge is -2.28. The highest BCUT2D eigenvalue weighted by Crippen LogP contribution is 2.40. The molecule has 0 aliphatic carbocycles. The Kier molecular flexibility index (Phi) is 9.90. The monoisotopic (exact) mass is 587 g/mol. The van der Waals surface area contributed by atoms with Gasteiger partial charge in [0.1, 0.15) is 23.9 Å². The summed E-state index contributed by atoms with van der Waals surface area (Å²) >= 11 is 0. The second-order valence-electron chi connectivity index (χ2n) is 9.49. The molecule has 0 fully saturated rings. The number of alkyl halides is 3. The molecule has 0 spiro atoms. The number of aryl methyl sites for hydroxylation is 3. The average Bonchev–Trinajstić information content (AvgIpc) is 3.44. The van der Waals surface area contributed by atoms with E-state index in [0.717, 1.165) is 21.4 Å². The zero-order valence-electron chi connectivity index (χ0n) is 22.3. The number of halogens is 3. The summed E-state index contributed by atoms with van der Waals surface area (Å²) in [4.78, 5) is 25.5. The third kappa shape index (κ3) is 8.24. The first-order valence-corrected chi connectivity index (χ1v) is 12.6. The van der Waals surface area contributed by atoms with Gasteiger partial charge in [0.2, 0.25) is 9.03 Å². The van der Waals surface area contributed by atoms with Gasteiger partial charge in [-0.1, -0.05) is 19.9 Å². The number of hydrogen-bond acceptors (Lipinski definition) is 9. The molecule has 40 heavy (non-hydrogen) atoms. The first-order chi connectivity index (χ1) is 18.7. The Bertz CT molecular complexity index is 1360. The van der Waals surface area contributed by atoms with E-state index in [-0.39, 0.29) is 30.4 Å². The summed E-state index contributed by atoms with van der Waals surface area (Å²) in [7, 11) is 0.760. The Morgan fingerprint density at radius 3 is 2.58 bits per heavy atom. The number of aromatic nitrogens is 4. The van der Waals surface area contributed by atoms with E-state index in [2.05, 4.69) is 24.9 Å². The van der Waals surface area contributed by atoms with Crippen LogP contribution >= 0.6 is 9.03 Å². The zero-order chi connectivity index (χ0) is 29.7. The molecular formula is C24H29F3N5O7P. The molecule has 1 amide bonds. The van der Waals surface area contributed by atoms with Crippen LogP contribution < -0.4 is 9.84 Å². The van der Waals surface area contributed by atoms with Crippen molar-refractivity contribution in [1.29, 1.82) is 0 Å². The summed E-state index contributed by atoms with van der Waals surface area (Å²) in [5.41, 5.74) is 1.74. The molecule has 218 valence electrons. The van der Waals surface area contributed by atoms with Crippen LogP contribution in [0.15, 0.2) is 30.5 Å². The number of anilines is 1. The van der Waals surface area contributed by atoms with Crippen molar-refractivity contribution in [2.45, 2.75) is 59.2 Å². The molecule has 12 nitrogen and oxygen atoms in total. The molecule has 2 N–H and O–H groups in total. The van der Waals surface area contributed by atoms with E-state index in [1.54, 1.807) is 6.07 Å². The van der Waals surface area contributed by atoms with Crippen LogP contribution in [0.1, 0.15) is 53.1 Å². The number of rotatable bonds is 12. The van der Waals surface area contributed by atoms with Crippen molar-refractivity contribution >= 4 is 26.7 Å². The van der Waals surface area contributed by atoms with Crippen LogP contribution in [0, 0.1) is 13.8 Å². The van der Waals surface area contributed by atoms with Gasteiger partial charge < -0.3 is 14.6 Å². The molecule has 1 unspecified atom stereocenters. The molecule has 2 aromatic heterocycles. The first kappa shape index (κ1) is 31.0. The number of hydrogen-bond donors (Lipinski definition) is 2. The van der Waals surface area contributed by atoms with E-state index in [0.29, 0.717) is 5.75 Å². The molecule has 3 aromatic rings. The molecule has 1 aromatic carbocycles. The van der Waals surface area contributed by atoms with Crippen LogP contribution in [0.4, 0.5) is 19.0 Å². The minimum absolute atomic E-state index is 0.0223. The molecule has 0 aliphatic heterocycles. The highest BCUT2D eigenvalue weighted by atomic mass is 31.1. The number of nitrogens with zero attached hydrogens (tertiary/aromatic N) is 4. The van der Waals surface area contributed by atoms with Crippen LogP contribution in [-0.2, 0) is 44.7 Å². The summed E-state index contributed by atoms with van der Waals surface area (Å²) in [6, 6.07) is 6.37. The van der Waals surface area contributed by atoms with Gasteiger partial charge in [0.05, 0.1) is 18.3 Å². The van der Waals surface area contributed by atoms with Crippen molar-refractivity contribution < 1.29 is 46.7 Å². The second kappa shape index (κ2) is 12.8. The molecule has 0 bridgehead atoms. The fourth-order valence-electron chi connectivity index (χ4n) is 4.26. The molecule has 0 saturated carbocycles. The number of carbonyl (C=O) groups is 2. The number of benzene rings is 1. The number of ether oxygens (including phenoxy) is 2. The van der Waals surface area contributed by atoms with Gasteiger partial charge in [-0.2, -0.15) is 14.9 Å². The first-order valence-electron chi connectivity index (χ1n) is 11.8. The van der Waals surface area contributed by atoms with Crippen LogP contribution in [-0.4, -0.2) is 43.1 Å². The van der Waals surface area contributed by atoms with Gasteiger partial charge in [0.25, 0.3) is 5.91 Å². The van der Waals surface area contributed by atoms with E-state index in [9.17, 15) is 22.8 Å². The van der Waals surface area contributed by atoms with Gasteiger partial charge in [0, 0.05) is 24.1 Å². The van der Waals surface area contributed by atoms with Crippen LogP contribution in [0.5, 0.6) is 5.75 Å². The van der Waals surface area contributed by atoms with Crippen LogP contribution in [0.3, 0.4) is 0 Å². The fraction of sp³-hybridized carbons (Fsp3) is 0.417. The molecule has 16 heteroatoms. The van der Waals surface area contributed by atoms with Crippen molar-refractivity contribution in [1.82, 2.24) is 19.6 Å². The summed E-state index contributed by atoms with van der Waals surface area (Å²) in [5.74, 6) is -0.563. The third-order valence-electron chi connectivity index (χ3n) is 5.75. The highest BCUT2D eigenvalue weighted by molar-refractivity contribution is 7.26. The van der Waals surface area contributed by atoms with Crippen molar-refractivity contribution in [2.75, 3.05) is 5.32 Å². The Morgan fingerprint density at radius 1 is 1.18 bits per heavy atom. The van der Waals surface area contributed by atoms with E-state index < -0.39 is 39.3 Å². The van der Waals surface area contributed by atoms with Gasteiger partial charge in [-0.25, -0.2) is 9.94 Å². The Labute approximate surface area is 229 Å². The average molecular weight is 587 g/mol. The lowest BCUT2D eigenvalue weighted by Crippen LogP contribution is -2.26. The summed E-state index contributed by atoms with van der Waals surface area (Å²) in [6.07, 6.45) is -3.48. The van der Waals surface area contributed by atoms with E-state index in [1.165, 1.54) is 30.1 Å². The fourth-order valence-corrected chi connectivity index (χ4v) is 4.55. The normalized spacial score (nSPS) is 12.2. The summed E-state index contributed by atoms with van der Waals surface area (Å²) < 4.78 is 58.1. The second-order valence-corrected chi connectivity index (χ2v) is 10.0. The molecule has 0 radical (unpaired) electrons. The van der Waals surface area contributed by atoms with Crippen molar-refractivity contribution in [3.8, 4) is 5.75 Å². The number of esters is 1. The lowest BCUT2D eigenvalue weighted by atomic mass is 9.78. The van der Waals surface area contributed by atoms with Crippen molar-refractivity contribution in [3.63, 3.8) is 0 Å². The minimum atomic E-state index is -4.83. The Balaban J connectivity index is 1.64. The molecule has 3 rings (SSSR count). The molecule has 0 saturated heterocycles. The van der Waals surface area contributed by atoms with Gasteiger partial charge in [-0.3, -0.25) is 19.0 Å². The number of nitrogens with one attached hydrogen (secondary N) is 1. The van der Waals surface area contributed by atoms with Gasteiger partial charge >= 0.3 is 12.3 Å². The predicted molar refractivity (Wildman–Crippen MR) is 137 cm³/mol.